The number of phosphoric acid groups is 1. The molecule has 1 aromatic heterocycles. The maximum absolute atomic E-state index is 10.2. The predicted octanol–water partition coefficient (Wildman–Crippen LogP) is -1.94. The molecule has 1 heterocycles. The summed E-state index contributed by atoms with van der Waals surface area (Å²) in [6, 6.07) is 3.19. The SMILES string of the molecule is O=P(O)(O)On1cccc1.[KH].[KH].[KH]. The second-order valence-electron chi connectivity index (χ2n) is 1.62. The molecule has 2 N–H and O–H groups in total. The molecular weight excluding hydrogens is 274 g/mol. The van der Waals surface area contributed by atoms with E-state index >= 15 is 0 Å². The minimum absolute atomic E-state index is 0. The van der Waals surface area contributed by atoms with E-state index in [0.29, 0.717) is 0 Å². The third-order valence-electron chi connectivity index (χ3n) is 0.778. The van der Waals surface area contributed by atoms with Crippen LogP contribution in [-0.2, 0) is 4.57 Å². The minimum atomic E-state index is -4.39. The molecule has 0 aliphatic rings. The summed E-state index contributed by atoms with van der Waals surface area (Å²) in [7, 11) is -4.39. The zero-order chi connectivity index (χ0) is 7.61. The molecule has 0 aromatic carbocycles. The van der Waals surface area contributed by atoms with Crippen molar-refractivity contribution in [2.75, 3.05) is 0 Å². The number of rotatable bonds is 2. The Morgan fingerprint density at radius 2 is 1.46 bits per heavy atom. The van der Waals surface area contributed by atoms with Gasteiger partial charge in [0.15, 0.2) is 0 Å². The fraction of sp³-hybridized carbons (Fsp3) is 0. The van der Waals surface area contributed by atoms with Crippen molar-refractivity contribution in [1.29, 1.82) is 0 Å². The third-order valence-corrected chi connectivity index (χ3v) is 1.18. The Hall–Kier alpha value is 4.14. The maximum atomic E-state index is 10.2. The molecule has 0 amide bonds. The molecule has 13 heavy (non-hydrogen) atoms. The van der Waals surface area contributed by atoms with Gasteiger partial charge in [-0.05, 0) is 12.1 Å². The summed E-state index contributed by atoms with van der Waals surface area (Å²) in [5, 5.41) is 0. The second-order valence-corrected chi connectivity index (χ2v) is 2.76. The molecule has 0 bridgehead atoms. The van der Waals surface area contributed by atoms with Crippen LogP contribution in [0.3, 0.4) is 0 Å². The van der Waals surface area contributed by atoms with Crippen molar-refractivity contribution in [3.8, 4) is 0 Å². The van der Waals surface area contributed by atoms with Crippen molar-refractivity contribution in [2.45, 2.75) is 0 Å². The molecule has 0 aliphatic carbocycles. The first-order valence-electron chi connectivity index (χ1n) is 2.46. The number of hydrogen-bond donors (Lipinski definition) is 2. The van der Waals surface area contributed by atoms with Crippen molar-refractivity contribution in [3.63, 3.8) is 0 Å². The Morgan fingerprint density at radius 3 is 1.77 bits per heavy atom. The van der Waals surface area contributed by atoms with Gasteiger partial charge in [0.05, 0.1) is 0 Å². The van der Waals surface area contributed by atoms with Crippen molar-refractivity contribution < 1.29 is 19.0 Å². The number of aromatic nitrogens is 1. The average Bonchev–Trinajstić information content (AvgIpc) is 2.12. The van der Waals surface area contributed by atoms with E-state index in [0.717, 1.165) is 4.73 Å². The van der Waals surface area contributed by atoms with E-state index in [2.05, 4.69) is 4.62 Å². The summed E-state index contributed by atoms with van der Waals surface area (Å²) in [5.41, 5.74) is 0. The van der Waals surface area contributed by atoms with E-state index in [1.807, 2.05) is 0 Å². The van der Waals surface area contributed by atoms with Crippen LogP contribution in [0.1, 0.15) is 0 Å². The van der Waals surface area contributed by atoms with E-state index in [1.165, 1.54) is 12.4 Å². The second kappa shape index (κ2) is 11.2. The molecule has 0 spiro atoms. The fourth-order valence-corrected chi connectivity index (χ4v) is 0.850. The van der Waals surface area contributed by atoms with Gasteiger partial charge in [0.2, 0.25) is 0 Å². The molecule has 0 radical (unpaired) electrons. The van der Waals surface area contributed by atoms with E-state index < -0.39 is 7.82 Å². The quantitative estimate of drug-likeness (QED) is 0.489. The summed E-state index contributed by atoms with van der Waals surface area (Å²) < 4.78 is 15.2. The molecule has 0 fully saturated rings. The van der Waals surface area contributed by atoms with Crippen LogP contribution >= 0.6 is 7.82 Å². The molecule has 0 aliphatic heterocycles. The van der Waals surface area contributed by atoms with Gasteiger partial charge < -0.3 is 4.62 Å². The Bertz CT molecular complexity index is 248. The van der Waals surface area contributed by atoms with Crippen molar-refractivity contribution in [3.05, 3.63) is 24.5 Å². The van der Waals surface area contributed by atoms with Gasteiger partial charge in [-0.25, -0.2) is 4.57 Å². The van der Waals surface area contributed by atoms with Gasteiger partial charge in [-0.15, -0.1) is 0 Å². The molecular formula is C4H9K3NO4P. The van der Waals surface area contributed by atoms with Crippen LogP contribution in [0.5, 0.6) is 0 Å². The van der Waals surface area contributed by atoms with Crippen LogP contribution in [0, 0.1) is 0 Å². The Balaban J connectivity index is -0.000000333. The van der Waals surface area contributed by atoms with Gasteiger partial charge in [-0.2, -0.15) is 4.73 Å². The number of nitrogens with zero attached hydrogens (tertiary/aromatic N) is 1. The molecule has 0 saturated heterocycles. The molecule has 9 heteroatoms. The fourth-order valence-electron chi connectivity index (χ4n) is 0.496. The molecule has 0 unspecified atom stereocenters. The molecule has 0 saturated carbocycles. The first-order valence-corrected chi connectivity index (χ1v) is 3.99. The van der Waals surface area contributed by atoms with Gasteiger partial charge in [-0.1, -0.05) is 0 Å². The van der Waals surface area contributed by atoms with Gasteiger partial charge in [-0.3, -0.25) is 9.79 Å². The van der Waals surface area contributed by atoms with E-state index in [4.69, 9.17) is 9.79 Å². The predicted molar refractivity (Wildman–Crippen MR) is 54.5 cm³/mol. The average molecular weight is 283 g/mol. The molecule has 1 rings (SSSR count). The summed E-state index contributed by atoms with van der Waals surface area (Å²) in [4.78, 5) is 16.5. The van der Waals surface area contributed by atoms with Gasteiger partial charge in [0, 0.05) is 12.4 Å². The Labute approximate surface area is 204 Å². The van der Waals surface area contributed by atoms with E-state index in [-0.39, 0.29) is 154 Å². The van der Waals surface area contributed by atoms with Crippen LogP contribution in [0.2, 0.25) is 0 Å². The van der Waals surface area contributed by atoms with E-state index in [1.54, 1.807) is 12.1 Å². The summed E-state index contributed by atoms with van der Waals surface area (Å²) in [6.45, 7) is 0. The first kappa shape index (κ1) is 22.3. The van der Waals surface area contributed by atoms with Crippen LogP contribution in [0.15, 0.2) is 24.5 Å². The van der Waals surface area contributed by atoms with Crippen LogP contribution in [0.25, 0.3) is 0 Å². The molecule has 1 aromatic rings. The Kier molecular flexibility index (Phi) is 19.3. The first-order chi connectivity index (χ1) is 4.58. The summed E-state index contributed by atoms with van der Waals surface area (Å²) in [5.74, 6) is 0. The standard InChI is InChI=1S/C4H6NO4P.3K.3H/c6-10(7,8)9-5-3-1-2-4-5;;;;;;/h1-4H,(H2,6,7,8);;;;;;. The monoisotopic (exact) mass is 283 g/mol. The topological polar surface area (TPSA) is 71.7 Å². The third kappa shape index (κ3) is 12.4. The van der Waals surface area contributed by atoms with Crippen LogP contribution in [-0.4, -0.2) is 169 Å². The van der Waals surface area contributed by atoms with Gasteiger partial charge in [0.25, 0.3) is 0 Å². The zero-order valence-corrected chi connectivity index (χ0v) is 5.81. The molecule has 62 valence electrons. The summed E-state index contributed by atoms with van der Waals surface area (Å²) >= 11 is 0. The van der Waals surface area contributed by atoms with Crippen molar-refractivity contribution >= 4 is 162 Å². The molecule has 5 nitrogen and oxygen atoms in total. The van der Waals surface area contributed by atoms with E-state index in [9.17, 15) is 4.57 Å². The molecule has 0 atom stereocenters. The van der Waals surface area contributed by atoms with Gasteiger partial charge in [0.1, 0.15) is 0 Å². The Morgan fingerprint density at radius 1 is 1.08 bits per heavy atom. The van der Waals surface area contributed by atoms with Gasteiger partial charge >= 0.3 is 162 Å². The normalized spacial score (nSPS) is 8.77. The van der Waals surface area contributed by atoms with Crippen LogP contribution in [0.4, 0.5) is 0 Å². The van der Waals surface area contributed by atoms with Crippen molar-refractivity contribution in [2.24, 2.45) is 0 Å². The summed E-state index contributed by atoms with van der Waals surface area (Å²) in [6.07, 6.45) is 2.78. The van der Waals surface area contributed by atoms with Crippen molar-refractivity contribution in [1.82, 2.24) is 4.73 Å². The van der Waals surface area contributed by atoms with Crippen LogP contribution < -0.4 is 4.62 Å². The zero-order valence-electron chi connectivity index (χ0n) is 4.91. The number of hydrogen-bond acceptors (Lipinski definition) is 2.